The lowest BCUT2D eigenvalue weighted by Crippen LogP contribution is -2.45. The zero-order valence-electron chi connectivity index (χ0n) is 10.2. The lowest BCUT2D eigenvalue weighted by molar-refractivity contribution is 0.0169. The van der Waals surface area contributed by atoms with Gasteiger partial charge in [-0.05, 0) is 40.5 Å². The van der Waals surface area contributed by atoms with Gasteiger partial charge in [-0.15, -0.1) is 6.58 Å². The molecular formula is C12H21NO2. The van der Waals surface area contributed by atoms with E-state index in [0.29, 0.717) is 0 Å². The van der Waals surface area contributed by atoms with Crippen LogP contribution in [0.3, 0.4) is 0 Å². The molecule has 0 N–H and O–H groups in total. The van der Waals surface area contributed by atoms with Crippen LogP contribution in [-0.2, 0) is 4.74 Å². The first-order valence-corrected chi connectivity index (χ1v) is 5.43. The van der Waals surface area contributed by atoms with Gasteiger partial charge in [0.25, 0.3) is 0 Å². The van der Waals surface area contributed by atoms with E-state index in [1.54, 1.807) is 4.90 Å². The van der Waals surface area contributed by atoms with Gasteiger partial charge >= 0.3 is 6.09 Å². The van der Waals surface area contributed by atoms with E-state index < -0.39 is 5.60 Å². The van der Waals surface area contributed by atoms with Gasteiger partial charge in [-0.25, -0.2) is 4.79 Å². The van der Waals surface area contributed by atoms with Crippen LogP contribution >= 0.6 is 0 Å². The second-order valence-corrected chi connectivity index (χ2v) is 5.30. The Hall–Kier alpha value is -0.990. The molecule has 1 aliphatic heterocycles. The number of carbonyl (C=O) groups excluding carboxylic acids is 1. The van der Waals surface area contributed by atoms with Crippen molar-refractivity contribution < 1.29 is 9.53 Å². The van der Waals surface area contributed by atoms with Crippen LogP contribution in [0.25, 0.3) is 0 Å². The molecule has 1 heterocycles. The van der Waals surface area contributed by atoms with Gasteiger partial charge in [0.2, 0.25) is 0 Å². The first-order chi connectivity index (χ1) is 6.78. The molecule has 0 aliphatic carbocycles. The molecule has 0 unspecified atom stereocenters. The first kappa shape index (κ1) is 12.1. The van der Waals surface area contributed by atoms with Crippen LogP contribution in [0, 0.1) is 0 Å². The molecule has 1 fully saturated rings. The van der Waals surface area contributed by atoms with Gasteiger partial charge in [-0.1, -0.05) is 6.08 Å². The van der Waals surface area contributed by atoms with Crippen molar-refractivity contribution in [3.63, 3.8) is 0 Å². The molecule has 1 atom stereocenters. The van der Waals surface area contributed by atoms with Crippen molar-refractivity contribution in [2.75, 3.05) is 6.54 Å². The Morgan fingerprint density at radius 2 is 2.13 bits per heavy atom. The van der Waals surface area contributed by atoms with Crippen LogP contribution < -0.4 is 0 Å². The van der Waals surface area contributed by atoms with Crippen LogP contribution in [0.2, 0.25) is 0 Å². The highest BCUT2D eigenvalue weighted by atomic mass is 16.6. The molecule has 1 saturated heterocycles. The summed E-state index contributed by atoms with van der Waals surface area (Å²) in [4.78, 5) is 13.7. The Bertz CT molecular complexity index is 267. The number of likely N-dealkylation sites (tertiary alicyclic amines) is 1. The van der Waals surface area contributed by atoms with Crippen LogP contribution in [0.15, 0.2) is 12.7 Å². The highest BCUT2D eigenvalue weighted by Gasteiger charge is 2.39. The molecule has 86 valence electrons. The maximum absolute atomic E-state index is 11.9. The summed E-state index contributed by atoms with van der Waals surface area (Å²) in [5.41, 5.74) is -0.663. The van der Waals surface area contributed by atoms with Crippen molar-refractivity contribution >= 4 is 6.09 Å². The second kappa shape index (κ2) is 3.87. The van der Waals surface area contributed by atoms with E-state index in [0.717, 1.165) is 19.4 Å². The Kier molecular flexibility index (Phi) is 3.12. The van der Waals surface area contributed by atoms with E-state index in [-0.39, 0.29) is 11.6 Å². The third kappa shape index (κ3) is 2.74. The standard InChI is InChI=1S/C12H21NO2/c1-6-12(5)8-7-9-13(12)10(14)15-11(2,3)4/h6H,1,7-9H2,2-5H3/t12-/m1/s1. The monoisotopic (exact) mass is 211 g/mol. The zero-order chi connectivity index (χ0) is 11.7. The van der Waals surface area contributed by atoms with E-state index in [9.17, 15) is 4.79 Å². The number of rotatable bonds is 1. The molecule has 1 rings (SSSR count). The van der Waals surface area contributed by atoms with Crippen molar-refractivity contribution in [2.45, 2.75) is 51.7 Å². The summed E-state index contributed by atoms with van der Waals surface area (Å²) in [6.45, 7) is 12.2. The van der Waals surface area contributed by atoms with Crippen molar-refractivity contribution in [2.24, 2.45) is 0 Å². The summed E-state index contributed by atoms with van der Waals surface area (Å²) in [6, 6.07) is 0. The first-order valence-electron chi connectivity index (χ1n) is 5.43. The molecule has 1 amide bonds. The lowest BCUT2D eigenvalue weighted by atomic mass is 10.00. The quantitative estimate of drug-likeness (QED) is 0.624. The average molecular weight is 211 g/mol. The largest absolute Gasteiger partial charge is 0.444 e. The average Bonchev–Trinajstić information content (AvgIpc) is 2.45. The Balaban J connectivity index is 2.72. The van der Waals surface area contributed by atoms with Gasteiger partial charge < -0.3 is 4.74 Å². The normalized spacial score (nSPS) is 26.5. The Morgan fingerprint density at radius 3 is 2.60 bits per heavy atom. The van der Waals surface area contributed by atoms with Gasteiger partial charge in [0.1, 0.15) is 5.60 Å². The summed E-state index contributed by atoms with van der Waals surface area (Å²) < 4.78 is 5.36. The maximum Gasteiger partial charge on any atom is 0.410 e. The zero-order valence-corrected chi connectivity index (χ0v) is 10.2. The Labute approximate surface area is 92.1 Å². The van der Waals surface area contributed by atoms with Crippen molar-refractivity contribution in [1.82, 2.24) is 4.90 Å². The fourth-order valence-corrected chi connectivity index (χ4v) is 1.81. The fraction of sp³-hybridized carbons (Fsp3) is 0.750. The third-order valence-electron chi connectivity index (χ3n) is 2.73. The highest BCUT2D eigenvalue weighted by Crippen LogP contribution is 2.31. The number of ether oxygens (including phenoxy) is 1. The summed E-state index contributed by atoms with van der Waals surface area (Å²) in [5, 5.41) is 0. The predicted octanol–water partition coefficient (Wildman–Crippen LogP) is 2.96. The number of carbonyl (C=O) groups is 1. The van der Waals surface area contributed by atoms with Gasteiger partial charge in [0.15, 0.2) is 0 Å². The lowest BCUT2D eigenvalue weighted by Gasteiger charge is -2.33. The minimum Gasteiger partial charge on any atom is -0.444 e. The fourth-order valence-electron chi connectivity index (χ4n) is 1.81. The smallest absolute Gasteiger partial charge is 0.410 e. The SMILES string of the molecule is C=C[C@]1(C)CCCN1C(=O)OC(C)(C)C. The van der Waals surface area contributed by atoms with Crippen LogP contribution in [0.4, 0.5) is 4.79 Å². The predicted molar refractivity (Wildman–Crippen MR) is 60.8 cm³/mol. The molecule has 0 aromatic carbocycles. The summed E-state index contributed by atoms with van der Waals surface area (Å²) in [7, 11) is 0. The molecule has 3 nitrogen and oxygen atoms in total. The molecule has 0 bridgehead atoms. The van der Waals surface area contributed by atoms with Crippen molar-refractivity contribution in [1.29, 1.82) is 0 Å². The van der Waals surface area contributed by atoms with E-state index in [1.165, 1.54) is 0 Å². The van der Waals surface area contributed by atoms with E-state index in [1.807, 2.05) is 33.8 Å². The molecule has 3 heteroatoms. The molecule has 0 aromatic rings. The summed E-state index contributed by atoms with van der Waals surface area (Å²) in [6.07, 6.45) is 3.59. The number of hydrogen-bond donors (Lipinski definition) is 0. The number of hydrogen-bond acceptors (Lipinski definition) is 2. The summed E-state index contributed by atoms with van der Waals surface area (Å²) >= 11 is 0. The third-order valence-corrected chi connectivity index (χ3v) is 2.73. The topological polar surface area (TPSA) is 29.5 Å². The van der Waals surface area contributed by atoms with Crippen LogP contribution in [0.5, 0.6) is 0 Å². The molecule has 0 spiro atoms. The second-order valence-electron chi connectivity index (χ2n) is 5.30. The van der Waals surface area contributed by atoms with Crippen LogP contribution in [-0.4, -0.2) is 28.7 Å². The Morgan fingerprint density at radius 1 is 1.53 bits per heavy atom. The molecule has 0 aromatic heterocycles. The maximum atomic E-state index is 11.9. The van der Waals surface area contributed by atoms with Crippen molar-refractivity contribution in [3.8, 4) is 0 Å². The van der Waals surface area contributed by atoms with E-state index in [2.05, 4.69) is 6.58 Å². The minimum atomic E-state index is -0.429. The highest BCUT2D eigenvalue weighted by molar-refractivity contribution is 5.70. The number of amides is 1. The summed E-state index contributed by atoms with van der Waals surface area (Å²) in [5.74, 6) is 0. The van der Waals surface area contributed by atoms with E-state index in [4.69, 9.17) is 4.74 Å². The molecule has 0 saturated carbocycles. The molecule has 1 aliphatic rings. The molecule has 0 radical (unpaired) electrons. The van der Waals surface area contributed by atoms with Crippen molar-refractivity contribution in [3.05, 3.63) is 12.7 Å². The van der Waals surface area contributed by atoms with Gasteiger partial charge in [-0.3, -0.25) is 4.90 Å². The van der Waals surface area contributed by atoms with Crippen LogP contribution in [0.1, 0.15) is 40.5 Å². The van der Waals surface area contributed by atoms with Gasteiger partial charge in [0, 0.05) is 6.54 Å². The molecular weight excluding hydrogens is 190 g/mol. The van der Waals surface area contributed by atoms with E-state index >= 15 is 0 Å². The molecule has 15 heavy (non-hydrogen) atoms. The van der Waals surface area contributed by atoms with Gasteiger partial charge in [-0.2, -0.15) is 0 Å². The van der Waals surface area contributed by atoms with Gasteiger partial charge in [0.05, 0.1) is 5.54 Å². The minimum absolute atomic E-state index is 0.234. The number of nitrogens with zero attached hydrogens (tertiary/aromatic N) is 1.